The molecule has 0 aliphatic rings. The zero-order valence-corrected chi connectivity index (χ0v) is 12.2. The number of ether oxygens (including phenoxy) is 1. The molecular formula is C13H28N2O2. The quantitative estimate of drug-likeness (QED) is 0.706. The first kappa shape index (κ1) is 16.4. The normalized spacial score (nSPS) is 13.5. The van der Waals surface area contributed by atoms with Crippen molar-refractivity contribution in [3.8, 4) is 0 Å². The van der Waals surface area contributed by atoms with Crippen LogP contribution in [0.25, 0.3) is 0 Å². The van der Waals surface area contributed by atoms with Crippen LogP contribution < -0.4 is 5.32 Å². The van der Waals surface area contributed by atoms with Crippen LogP contribution in [0.4, 0.5) is 0 Å². The van der Waals surface area contributed by atoms with Crippen LogP contribution in [0.1, 0.15) is 41.0 Å². The molecule has 0 bridgehead atoms. The summed E-state index contributed by atoms with van der Waals surface area (Å²) in [7, 11) is 1.72. The van der Waals surface area contributed by atoms with Crippen LogP contribution in [0.5, 0.6) is 0 Å². The minimum absolute atomic E-state index is 0.148. The van der Waals surface area contributed by atoms with Gasteiger partial charge in [-0.05, 0) is 41.0 Å². The summed E-state index contributed by atoms with van der Waals surface area (Å²) in [5.74, 6) is 0.164. The van der Waals surface area contributed by atoms with Crippen molar-refractivity contribution in [2.45, 2.75) is 52.7 Å². The van der Waals surface area contributed by atoms with Crippen molar-refractivity contribution in [3.05, 3.63) is 0 Å². The molecule has 1 N–H and O–H groups in total. The van der Waals surface area contributed by atoms with E-state index in [0.29, 0.717) is 6.54 Å². The van der Waals surface area contributed by atoms with Crippen LogP contribution in [0.15, 0.2) is 0 Å². The summed E-state index contributed by atoms with van der Waals surface area (Å²) in [6.07, 6.45) is 0.884. The maximum absolute atomic E-state index is 11.8. The lowest BCUT2D eigenvalue weighted by molar-refractivity contribution is -0.130. The minimum Gasteiger partial charge on any atom is -0.379 e. The first-order valence-electron chi connectivity index (χ1n) is 6.42. The fraction of sp³-hybridized carbons (Fsp3) is 0.923. The van der Waals surface area contributed by atoms with Crippen molar-refractivity contribution < 1.29 is 9.53 Å². The van der Waals surface area contributed by atoms with Crippen molar-refractivity contribution in [2.24, 2.45) is 0 Å². The fourth-order valence-electron chi connectivity index (χ4n) is 1.84. The summed E-state index contributed by atoms with van der Waals surface area (Å²) in [5, 5.41) is 3.25. The Labute approximate surface area is 106 Å². The zero-order valence-electron chi connectivity index (χ0n) is 12.2. The Bertz CT molecular complexity index is 225. The maximum Gasteiger partial charge on any atom is 0.236 e. The van der Waals surface area contributed by atoms with E-state index in [2.05, 4.69) is 26.1 Å². The summed E-state index contributed by atoms with van der Waals surface area (Å²) in [6, 6.07) is 0.268. The smallest absolute Gasteiger partial charge is 0.236 e. The summed E-state index contributed by atoms with van der Waals surface area (Å²) in [6.45, 7) is 12.1. The fourth-order valence-corrected chi connectivity index (χ4v) is 1.84. The van der Waals surface area contributed by atoms with Gasteiger partial charge in [-0.25, -0.2) is 0 Å². The first-order valence-corrected chi connectivity index (χ1v) is 6.42. The van der Waals surface area contributed by atoms with Crippen LogP contribution >= 0.6 is 0 Å². The van der Waals surface area contributed by atoms with Gasteiger partial charge in [-0.15, -0.1) is 0 Å². The minimum atomic E-state index is -0.148. The molecule has 0 saturated carbocycles. The third-order valence-electron chi connectivity index (χ3n) is 3.07. The highest BCUT2D eigenvalue weighted by atomic mass is 16.5. The third kappa shape index (κ3) is 6.64. The molecule has 17 heavy (non-hydrogen) atoms. The Balaban J connectivity index is 3.99. The zero-order chi connectivity index (χ0) is 13.5. The van der Waals surface area contributed by atoms with E-state index < -0.39 is 0 Å². The molecule has 0 fully saturated rings. The lowest BCUT2D eigenvalue weighted by Crippen LogP contribution is -2.43. The van der Waals surface area contributed by atoms with Crippen LogP contribution in [-0.4, -0.2) is 49.2 Å². The second kappa shape index (κ2) is 7.67. The van der Waals surface area contributed by atoms with Gasteiger partial charge in [0.05, 0.1) is 12.1 Å². The SMILES string of the molecule is CCN(CC)C(=O)CNC(C)CC(C)(C)OC. The van der Waals surface area contributed by atoms with Crippen molar-refractivity contribution in [1.29, 1.82) is 0 Å². The molecule has 1 amide bonds. The lowest BCUT2D eigenvalue weighted by atomic mass is 10.00. The number of likely N-dealkylation sites (N-methyl/N-ethyl adjacent to an activating group) is 1. The highest BCUT2D eigenvalue weighted by molar-refractivity contribution is 5.78. The molecule has 0 aromatic rings. The molecule has 1 unspecified atom stereocenters. The van der Waals surface area contributed by atoms with Crippen LogP contribution in [0.3, 0.4) is 0 Å². The summed E-state index contributed by atoms with van der Waals surface area (Å²) in [4.78, 5) is 13.6. The Kier molecular flexibility index (Phi) is 7.39. The number of carbonyl (C=O) groups excluding carboxylic acids is 1. The van der Waals surface area contributed by atoms with E-state index in [9.17, 15) is 4.79 Å². The number of amides is 1. The molecule has 1 atom stereocenters. The number of nitrogens with zero attached hydrogens (tertiary/aromatic N) is 1. The van der Waals surface area contributed by atoms with Gasteiger partial charge in [0.25, 0.3) is 0 Å². The molecule has 0 heterocycles. The van der Waals surface area contributed by atoms with Gasteiger partial charge >= 0.3 is 0 Å². The molecule has 0 aliphatic carbocycles. The maximum atomic E-state index is 11.8. The Morgan fingerprint density at radius 1 is 1.35 bits per heavy atom. The van der Waals surface area contributed by atoms with Crippen molar-refractivity contribution >= 4 is 5.91 Å². The average Bonchev–Trinajstić information content (AvgIpc) is 2.27. The van der Waals surface area contributed by atoms with Crippen LogP contribution in [-0.2, 0) is 9.53 Å². The third-order valence-corrected chi connectivity index (χ3v) is 3.07. The second-order valence-electron chi connectivity index (χ2n) is 5.02. The summed E-state index contributed by atoms with van der Waals surface area (Å²) in [5.41, 5.74) is -0.148. The number of hydrogen-bond donors (Lipinski definition) is 1. The number of hydrogen-bond acceptors (Lipinski definition) is 3. The number of nitrogens with one attached hydrogen (secondary N) is 1. The molecule has 0 aromatic carbocycles. The molecule has 0 saturated heterocycles. The number of carbonyl (C=O) groups is 1. The van der Waals surface area contributed by atoms with E-state index in [4.69, 9.17) is 4.74 Å². The van der Waals surface area contributed by atoms with E-state index in [-0.39, 0.29) is 17.6 Å². The largest absolute Gasteiger partial charge is 0.379 e. The lowest BCUT2D eigenvalue weighted by Gasteiger charge is -2.27. The molecule has 4 heteroatoms. The van der Waals surface area contributed by atoms with Gasteiger partial charge in [-0.2, -0.15) is 0 Å². The highest BCUT2D eigenvalue weighted by Gasteiger charge is 2.20. The Hall–Kier alpha value is -0.610. The van der Waals surface area contributed by atoms with Gasteiger partial charge in [0.1, 0.15) is 0 Å². The van der Waals surface area contributed by atoms with Crippen LogP contribution in [0.2, 0.25) is 0 Å². The van der Waals surface area contributed by atoms with Crippen molar-refractivity contribution in [2.75, 3.05) is 26.7 Å². The van der Waals surface area contributed by atoms with E-state index >= 15 is 0 Å². The Morgan fingerprint density at radius 3 is 2.29 bits per heavy atom. The predicted molar refractivity (Wildman–Crippen MR) is 71.1 cm³/mol. The van der Waals surface area contributed by atoms with Crippen molar-refractivity contribution in [1.82, 2.24) is 10.2 Å². The van der Waals surface area contributed by atoms with Gasteiger partial charge in [0.15, 0.2) is 0 Å². The monoisotopic (exact) mass is 244 g/mol. The molecule has 0 aromatic heterocycles. The number of rotatable bonds is 8. The molecule has 0 aliphatic heterocycles. The topological polar surface area (TPSA) is 41.6 Å². The average molecular weight is 244 g/mol. The Morgan fingerprint density at radius 2 is 1.88 bits per heavy atom. The standard InChI is InChI=1S/C13H28N2O2/c1-7-15(8-2)12(16)10-14-11(3)9-13(4,5)17-6/h11,14H,7-10H2,1-6H3. The molecular weight excluding hydrogens is 216 g/mol. The van der Waals surface area contributed by atoms with Gasteiger partial charge in [-0.1, -0.05) is 0 Å². The van der Waals surface area contributed by atoms with E-state index in [0.717, 1.165) is 19.5 Å². The molecule has 0 spiro atoms. The van der Waals surface area contributed by atoms with E-state index in [1.165, 1.54) is 0 Å². The van der Waals surface area contributed by atoms with E-state index in [1.54, 1.807) is 7.11 Å². The molecule has 0 radical (unpaired) electrons. The number of methoxy groups -OCH3 is 1. The van der Waals surface area contributed by atoms with Gasteiger partial charge in [0, 0.05) is 26.2 Å². The highest BCUT2D eigenvalue weighted by Crippen LogP contribution is 2.15. The van der Waals surface area contributed by atoms with Gasteiger partial charge in [-0.3, -0.25) is 4.79 Å². The van der Waals surface area contributed by atoms with Crippen molar-refractivity contribution in [3.63, 3.8) is 0 Å². The first-order chi connectivity index (χ1) is 7.86. The summed E-state index contributed by atoms with van der Waals surface area (Å²) < 4.78 is 5.37. The second-order valence-corrected chi connectivity index (χ2v) is 5.02. The van der Waals surface area contributed by atoms with E-state index in [1.807, 2.05) is 18.7 Å². The molecule has 102 valence electrons. The predicted octanol–water partition coefficient (Wildman–Crippen LogP) is 1.65. The van der Waals surface area contributed by atoms with Gasteiger partial charge in [0.2, 0.25) is 5.91 Å². The van der Waals surface area contributed by atoms with Crippen LogP contribution in [0, 0.1) is 0 Å². The van der Waals surface area contributed by atoms with Gasteiger partial charge < -0.3 is 15.0 Å². The molecule has 4 nitrogen and oxygen atoms in total. The molecule has 0 rings (SSSR count). The summed E-state index contributed by atoms with van der Waals surface area (Å²) >= 11 is 0.